The molecule has 0 aliphatic carbocycles. The molecule has 0 bridgehead atoms. The molecule has 0 aromatic heterocycles. The van der Waals surface area contributed by atoms with Crippen LogP contribution in [0, 0.1) is 5.41 Å². The minimum Gasteiger partial charge on any atom is -0.0882 e. The summed E-state index contributed by atoms with van der Waals surface area (Å²) < 4.78 is 0. The van der Waals surface area contributed by atoms with Crippen molar-refractivity contribution in [2.24, 2.45) is 5.41 Å². The largest absolute Gasteiger partial charge is 0.0882 e. The molecule has 0 nitrogen and oxygen atoms in total. The lowest BCUT2D eigenvalue weighted by Gasteiger charge is -2.36. The third-order valence-electron chi connectivity index (χ3n) is 4.30. The highest BCUT2D eigenvalue weighted by Gasteiger charge is 2.29. The molecular weight excluding hydrogens is 204 g/mol. The summed E-state index contributed by atoms with van der Waals surface area (Å²) in [5.41, 5.74) is 2.17. The topological polar surface area (TPSA) is 0 Å². The number of hydrogen-bond acceptors (Lipinski definition) is 0. The average Bonchev–Trinajstić information content (AvgIpc) is 2.37. The second-order valence-electron chi connectivity index (χ2n) is 5.56. The maximum atomic E-state index is 2.36. The quantitative estimate of drug-likeness (QED) is 0.381. The average molecular weight is 238 g/mol. The van der Waals surface area contributed by atoms with Gasteiger partial charge in [-0.05, 0) is 38.5 Å². The number of allylic oxidation sites excluding steroid dienone is 2. The fraction of sp³-hybridized carbons (Fsp3) is 0.882. The van der Waals surface area contributed by atoms with Crippen molar-refractivity contribution < 1.29 is 0 Å². The van der Waals surface area contributed by atoms with Crippen LogP contribution in [0.2, 0.25) is 0 Å². The number of rotatable bonds is 10. The molecule has 0 atom stereocenters. The Morgan fingerprint density at radius 3 is 1.41 bits per heavy atom. The van der Waals surface area contributed by atoms with E-state index in [0.29, 0.717) is 5.41 Å². The molecule has 17 heavy (non-hydrogen) atoms. The van der Waals surface area contributed by atoms with Crippen LogP contribution >= 0.6 is 0 Å². The molecule has 0 saturated heterocycles. The number of hydrogen-bond donors (Lipinski definition) is 0. The van der Waals surface area contributed by atoms with Gasteiger partial charge >= 0.3 is 0 Å². The van der Waals surface area contributed by atoms with Gasteiger partial charge in [-0.15, -0.1) is 0 Å². The SMILES string of the molecule is CC=C(C)C(CCCC)(CCCC)CCCC. The molecule has 0 radical (unpaired) electrons. The van der Waals surface area contributed by atoms with Crippen LogP contribution in [0.4, 0.5) is 0 Å². The molecule has 0 aliphatic rings. The summed E-state index contributed by atoms with van der Waals surface area (Å²) in [6.45, 7) is 11.5. The van der Waals surface area contributed by atoms with Gasteiger partial charge in [0.05, 0.1) is 0 Å². The zero-order valence-electron chi connectivity index (χ0n) is 12.9. The maximum absolute atomic E-state index is 2.36. The first-order chi connectivity index (χ1) is 8.16. The van der Waals surface area contributed by atoms with E-state index in [9.17, 15) is 0 Å². The van der Waals surface area contributed by atoms with Crippen LogP contribution < -0.4 is 0 Å². The van der Waals surface area contributed by atoms with Gasteiger partial charge in [0.15, 0.2) is 0 Å². The lowest BCUT2D eigenvalue weighted by atomic mass is 9.69. The van der Waals surface area contributed by atoms with Gasteiger partial charge in [0.2, 0.25) is 0 Å². The van der Waals surface area contributed by atoms with Gasteiger partial charge in [-0.25, -0.2) is 0 Å². The molecule has 0 unspecified atom stereocenters. The van der Waals surface area contributed by atoms with Crippen molar-refractivity contribution in [2.45, 2.75) is 92.4 Å². The van der Waals surface area contributed by atoms with Gasteiger partial charge in [0.25, 0.3) is 0 Å². The second-order valence-corrected chi connectivity index (χ2v) is 5.56. The number of unbranched alkanes of at least 4 members (excludes halogenated alkanes) is 3. The van der Waals surface area contributed by atoms with E-state index < -0.39 is 0 Å². The summed E-state index contributed by atoms with van der Waals surface area (Å²) >= 11 is 0. The Hall–Kier alpha value is -0.260. The normalized spacial score (nSPS) is 13.1. The van der Waals surface area contributed by atoms with Crippen molar-refractivity contribution in [1.82, 2.24) is 0 Å². The van der Waals surface area contributed by atoms with Crippen molar-refractivity contribution >= 4 is 0 Å². The van der Waals surface area contributed by atoms with Gasteiger partial charge in [-0.3, -0.25) is 0 Å². The smallest absolute Gasteiger partial charge is 0.00910 e. The molecular formula is C17H34. The van der Waals surface area contributed by atoms with Gasteiger partial charge < -0.3 is 0 Å². The summed E-state index contributed by atoms with van der Waals surface area (Å²) in [4.78, 5) is 0. The second kappa shape index (κ2) is 9.74. The molecule has 0 aromatic rings. The van der Waals surface area contributed by atoms with E-state index in [4.69, 9.17) is 0 Å². The third-order valence-corrected chi connectivity index (χ3v) is 4.30. The van der Waals surface area contributed by atoms with E-state index >= 15 is 0 Å². The Morgan fingerprint density at radius 1 is 0.824 bits per heavy atom. The van der Waals surface area contributed by atoms with Gasteiger partial charge in [0, 0.05) is 0 Å². The van der Waals surface area contributed by atoms with Crippen LogP contribution in [0.3, 0.4) is 0 Å². The van der Waals surface area contributed by atoms with Crippen molar-refractivity contribution in [3.63, 3.8) is 0 Å². The van der Waals surface area contributed by atoms with Crippen molar-refractivity contribution in [1.29, 1.82) is 0 Å². The Labute approximate surface area is 110 Å². The van der Waals surface area contributed by atoms with E-state index in [1.54, 1.807) is 5.57 Å². The molecule has 0 heterocycles. The van der Waals surface area contributed by atoms with E-state index in [1.165, 1.54) is 57.8 Å². The lowest BCUT2D eigenvalue weighted by molar-refractivity contribution is 0.252. The predicted octanol–water partition coefficient (Wildman–Crippen LogP) is 6.51. The summed E-state index contributed by atoms with van der Waals surface area (Å²) in [6, 6.07) is 0. The molecule has 0 saturated carbocycles. The van der Waals surface area contributed by atoms with Gasteiger partial charge in [0.1, 0.15) is 0 Å². The van der Waals surface area contributed by atoms with Crippen molar-refractivity contribution in [3.05, 3.63) is 11.6 Å². The molecule has 0 N–H and O–H groups in total. The fourth-order valence-corrected chi connectivity index (χ4v) is 2.82. The molecule has 0 heteroatoms. The highest BCUT2D eigenvalue weighted by atomic mass is 14.3. The van der Waals surface area contributed by atoms with Crippen LogP contribution in [0.25, 0.3) is 0 Å². The summed E-state index contributed by atoms with van der Waals surface area (Å²) in [7, 11) is 0. The van der Waals surface area contributed by atoms with Crippen LogP contribution in [-0.4, -0.2) is 0 Å². The molecule has 0 aliphatic heterocycles. The minimum absolute atomic E-state index is 0.525. The zero-order chi connectivity index (χ0) is 13.1. The van der Waals surface area contributed by atoms with E-state index in [2.05, 4.69) is 40.7 Å². The third kappa shape index (κ3) is 5.75. The Bertz CT molecular complexity index is 178. The van der Waals surface area contributed by atoms with Gasteiger partial charge in [-0.1, -0.05) is 70.9 Å². The van der Waals surface area contributed by atoms with Crippen LogP contribution in [0.1, 0.15) is 92.4 Å². The Morgan fingerprint density at radius 2 is 1.18 bits per heavy atom. The predicted molar refractivity (Wildman–Crippen MR) is 80.4 cm³/mol. The van der Waals surface area contributed by atoms with Gasteiger partial charge in [-0.2, -0.15) is 0 Å². The Kier molecular flexibility index (Phi) is 9.59. The molecule has 0 spiro atoms. The Balaban J connectivity index is 4.77. The zero-order valence-corrected chi connectivity index (χ0v) is 12.9. The highest BCUT2D eigenvalue weighted by molar-refractivity contribution is 5.11. The maximum Gasteiger partial charge on any atom is -0.00910 e. The molecule has 0 rings (SSSR count). The summed E-state index contributed by atoms with van der Waals surface area (Å²) in [5, 5.41) is 0. The standard InChI is InChI=1S/C17H34/c1-6-10-13-17(14-11-7-2,15-12-8-3)16(5)9-4/h9H,6-8,10-15H2,1-5H3. The lowest BCUT2D eigenvalue weighted by Crippen LogP contribution is -2.22. The summed E-state index contributed by atoms with van der Waals surface area (Å²) in [5.74, 6) is 0. The minimum atomic E-state index is 0.525. The first-order valence-electron chi connectivity index (χ1n) is 7.80. The van der Waals surface area contributed by atoms with Crippen molar-refractivity contribution in [2.75, 3.05) is 0 Å². The van der Waals surface area contributed by atoms with Crippen LogP contribution in [-0.2, 0) is 0 Å². The molecule has 0 fully saturated rings. The highest BCUT2D eigenvalue weighted by Crippen LogP contribution is 2.42. The van der Waals surface area contributed by atoms with E-state index in [0.717, 1.165) is 0 Å². The molecule has 0 amide bonds. The molecule has 102 valence electrons. The van der Waals surface area contributed by atoms with Crippen molar-refractivity contribution in [3.8, 4) is 0 Å². The van der Waals surface area contributed by atoms with E-state index in [1.807, 2.05) is 0 Å². The first kappa shape index (κ1) is 16.7. The van der Waals surface area contributed by atoms with Crippen LogP contribution in [0.5, 0.6) is 0 Å². The van der Waals surface area contributed by atoms with E-state index in [-0.39, 0.29) is 0 Å². The van der Waals surface area contributed by atoms with Crippen LogP contribution in [0.15, 0.2) is 11.6 Å². The monoisotopic (exact) mass is 238 g/mol. The first-order valence-corrected chi connectivity index (χ1v) is 7.80. The molecule has 0 aromatic carbocycles. The fourth-order valence-electron chi connectivity index (χ4n) is 2.82. The summed E-state index contributed by atoms with van der Waals surface area (Å²) in [6.07, 6.45) is 14.7.